The molecule has 0 fully saturated rings. The number of fused-ring (bicyclic) bond motifs is 1. The van der Waals surface area contributed by atoms with Gasteiger partial charge in [0.15, 0.2) is 0 Å². The van der Waals surface area contributed by atoms with E-state index >= 15 is 0 Å². The number of rotatable bonds is 3. The van der Waals surface area contributed by atoms with Crippen LogP contribution in [0.4, 0.5) is 4.39 Å². The van der Waals surface area contributed by atoms with Gasteiger partial charge in [-0.2, -0.15) is 5.10 Å². The number of aromatic nitrogens is 2. The van der Waals surface area contributed by atoms with E-state index in [1.165, 1.54) is 0 Å². The Morgan fingerprint density at radius 3 is 2.91 bits per heavy atom. The Morgan fingerprint density at radius 2 is 2.18 bits per heavy atom. The molecule has 116 valence electrons. The summed E-state index contributed by atoms with van der Waals surface area (Å²) in [6.45, 7) is 0.198. The van der Waals surface area contributed by atoms with Crippen LogP contribution in [0.5, 0.6) is 0 Å². The highest BCUT2D eigenvalue weighted by molar-refractivity contribution is 6.35. The number of ether oxygens (including phenoxy) is 1. The van der Waals surface area contributed by atoms with Gasteiger partial charge >= 0.3 is 0 Å². The Kier molecular flexibility index (Phi) is 4.49. The van der Waals surface area contributed by atoms with E-state index in [1.54, 1.807) is 23.0 Å². The summed E-state index contributed by atoms with van der Waals surface area (Å²) in [6, 6.07) is 5.21. The zero-order valence-electron chi connectivity index (χ0n) is 11.5. The van der Waals surface area contributed by atoms with E-state index in [0.717, 1.165) is 11.1 Å². The van der Waals surface area contributed by atoms with Crippen LogP contribution in [0.15, 0.2) is 30.2 Å². The third-order valence-corrected chi connectivity index (χ3v) is 4.09. The lowest BCUT2D eigenvalue weighted by molar-refractivity contribution is 0.143. The Labute approximate surface area is 136 Å². The third-order valence-electron chi connectivity index (χ3n) is 3.51. The molecule has 1 aromatic carbocycles. The molecule has 0 aliphatic carbocycles. The minimum Gasteiger partial charge on any atom is -0.389 e. The minimum atomic E-state index is -0.662. The zero-order valence-corrected chi connectivity index (χ0v) is 13.0. The molecular weight excluding hydrogens is 330 g/mol. The smallest absolute Gasteiger partial charge is 0.133 e. The van der Waals surface area contributed by atoms with Crippen LogP contribution in [-0.4, -0.2) is 28.1 Å². The number of nitrogens with zero attached hydrogens (tertiary/aromatic N) is 2. The molecule has 1 aliphatic heterocycles. The fourth-order valence-corrected chi connectivity index (χ4v) is 2.91. The van der Waals surface area contributed by atoms with E-state index in [0.29, 0.717) is 34.5 Å². The van der Waals surface area contributed by atoms with Crippen LogP contribution in [0.25, 0.3) is 5.57 Å². The van der Waals surface area contributed by atoms with E-state index in [-0.39, 0.29) is 6.61 Å². The van der Waals surface area contributed by atoms with Crippen molar-refractivity contribution in [1.29, 1.82) is 0 Å². The second kappa shape index (κ2) is 6.38. The van der Waals surface area contributed by atoms with Gasteiger partial charge in [0.1, 0.15) is 5.83 Å². The van der Waals surface area contributed by atoms with Crippen molar-refractivity contribution < 1.29 is 14.2 Å². The van der Waals surface area contributed by atoms with Crippen molar-refractivity contribution in [2.45, 2.75) is 13.2 Å². The van der Waals surface area contributed by atoms with Crippen LogP contribution in [0.3, 0.4) is 0 Å². The molecule has 22 heavy (non-hydrogen) atoms. The van der Waals surface area contributed by atoms with Crippen LogP contribution < -0.4 is 0 Å². The first-order valence-corrected chi connectivity index (χ1v) is 7.41. The second-order valence-corrected chi connectivity index (χ2v) is 5.79. The first kappa shape index (κ1) is 15.5. The van der Waals surface area contributed by atoms with Crippen molar-refractivity contribution in [3.63, 3.8) is 0 Å². The molecule has 0 radical (unpaired) electrons. The molecule has 0 spiro atoms. The predicted octanol–water partition coefficient (Wildman–Crippen LogP) is 3.44. The summed E-state index contributed by atoms with van der Waals surface area (Å²) in [4.78, 5) is 0. The summed E-state index contributed by atoms with van der Waals surface area (Å²) in [6.07, 6.45) is 1.64. The summed E-state index contributed by atoms with van der Waals surface area (Å²) in [5.41, 5.74) is 2.58. The van der Waals surface area contributed by atoms with Crippen LogP contribution in [-0.2, 0) is 17.9 Å². The first-order chi connectivity index (χ1) is 10.6. The summed E-state index contributed by atoms with van der Waals surface area (Å²) in [5.74, 6) is -0.607. The number of halogens is 3. The lowest BCUT2D eigenvalue weighted by atomic mass is 10.1. The highest BCUT2D eigenvalue weighted by Crippen LogP contribution is 2.30. The molecule has 2 aromatic rings. The van der Waals surface area contributed by atoms with E-state index in [9.17, 15) is 4.39 Å². The van der Waals surface area contributed by atoms with E-state index < -0.39 is 12.4 Å². The fraction of sp³-hybridized carbons (Fsp3) is 0.267. The van der Waals surface area contributed by atoms with Gasteiger partial charge in [-0.3, -0.25) is 4.68 Å². The number of aliphatic hydroxyl groups is 1. The van der Waals surface area contributed by atoms with Crippen LogP contribution in [0.2, 0.25) is 10.0 Å². The van der Waals surface area contributed by atoms with Gasteiger partial charge in [0, 0.05) is 21.2 Å². The lowest BCUT2D eigenvalue weighted by Gasteiger charge is -2.19. The summed E-state index contributed by atoms with van der Waals surface area (Å²) < 4.78 is 20.9. The average Bonchev–Trinajstić information content (AvgIpc) is 2.92. The largest absolute Gasteiger partial charge is 0.389 e. The Balaban J connectivity index is 2.01. The van der Waals surface area contributed by atoms with E-state index in [4.69, 9.17) is 33.0 Å². The Bertz CT molecular complexity index is 743. The maximum atomic E-state index is 13.9. The quantitative estimate of drug-likeness (QED) is 0.929. The van der Waals surface area contributed by atoms with Crippen LogP contribution in [0.1, 0.15) is 16.8 Å². The molecule has 0 unspecified atom stereocenters. The molecule has 2 heterocycles. The topological polar surface area (TPSA) is 47.3 Å². The van der Waals surface area contributed by atoms with Gasteiger partial charge in [-0.1, -0.05) is 29.3 Å². The summed E-state index contributed by atoms with van der Waals surface area (Å²) >= 11 is 12.1. The summed E-state index contributed by atoms with van der Waals surface area (Å²) in [7, 11) is 0. The van der Waals surface area contributed by atoms with Gasteiger partial charge in [-0.05, 0) is 17.7 Å². The molecule has 1 N–H and O–H groups in total. The van der Waals surface area contributed by atoms with Crippen molar-refractivity contribution in [3.8, 4) is 0 Å². The molecule has 1 aliphatic rings. The molecule has 0 bridgehead atoms. The second-order valence-electron chi connectivity index (χ2n) is 4.95. The van der Waals surface area contributed by atoms with Crippen molar-refractivity contribution in [1.82, 2.24) is 9.78 Å². The first-order valence-electron chi connectivity index (χ1n) is 6.65. The molecule has 0 saturated heterocycles. The number of benzene rings is 1. The molecule has 3 rings (SSSR count). The number of hydrogen-bond donors (Lipinski definition) is 1. The van der Waals surface area contributed by atoms with Crippen molar-refractivity contribution >= 4 is 28.8 Å². The monoisotopic (exact) mass is 342 g/mol. The molecule has 7 heteroatoms. The Morgan fingerprint density at radius 1 is 1.36 bits per heavy atom. The van der Waals surface area contributed by atoms with E-state index in [1.807, 2.05) is 6.07 Å². The van der Waals surface area contributed by atoms with Gasteiger partial charge in [0.2, 0.25) is 0 Å². The van der Waals surface area contributed by atoms with Crippen LogP contribution in [0, 0.1) is 0 Å². The lowest BCUT2D eigenvalue weighted by Crippen LogP contribution is -2.15. The van der Waals surface area contributed by atoms with Crippen LogP contribution >= 0.6 is 23.2 Å². The summed E-state index contributed by atoms with van der Waals surface area (Å²) in [5, 5.41) is 14.4. The average molecular weight is 343 g/mol. The minimum absolute atomic E-state index is 0.111. The van der Waals surface area contributed by atoms with Crippen molar-refractivity contribution in [2.24, 2.45) is 0 Å². The molecule has 0 saturated carbocycles. The van der Waals surface area contributed by atoms with Crippen molar-refractivity contribution in [3.05, 3.63) is 57.1 Å². The molecular formula is C15H13Cl2FN2O2. The molecule has 0 atom stereocenters. The number of aliphatic hydroxyl groups excluding tert-OH is 1. The highest BCUT2D eigenvalue weighted by atomic mass is 35.5. The molecule has 1 aromatic heterocycles. The number of hydrogen-bond acceptors (Lipinski definition) is 3. The molecule has 4 nitrogen and oxygen atoms in total. The van der Waals surface area contributed by atoms with Gasteiger partial charge in [0.05, 0.1) is 38.3 Å². The maximum absolute atomic E-state index is 13.9. The van der Waals surface area contributed by atoms with Crippen molar-refractivity contribution in [2.75, 3.05) is 13.2 Å². The third kappa shape index (κ3) is 2.90. The van der Waals surface area contributed by atoms with Gasteiger partial charge in [0.25, 0.3) is 0 Å². The van der Waals surface area contributed by atoms with Gasteiger partial charge in [-0.25, -0.2) is 4.39 Å². The Hall–Kier alpha value is -1.40. The van der Waals surface area contributed by atoms with E-state index in [2.05, 4.69) is 5.10 Å². The molecule has 0 amide bonds. The van der Waals surface area contributed by atoms with Gasteiger partial charge < -0.3 is 9.84 Å². The zero-order chi connectivity index (χ0) is 15.7. The SMILES string of the molecule is OCC(F)=C1COCc2cnn(Cc3ccc(Cl)cc3Cl)c21. The standard InChI is InChI=1S/C15H13Cl2FN2O2/c16-11-2-1-9(13(17)3-11)5-20-15-10(4-19-20)7-22-8-12(15)14(18)6-21/h1-4,21H,5-8H2. The normalized spacial score (nSPS) is 16.5. The van der Waals surface area contributed by atoms with Gasteiger partial charge in [-0.15, -0.1) is 0 Å². The maximum Gasteiger partial charge on any atom is 0.133 e. The fourth-order valence-electron chi connectivity index (χ4n) is 2.44. The highest BCUT2D eigenvalue weighted by Gasteiger charge is 2.23. The predicted molar refractivity (Wildman–Crippen MR) is 82.6 cm³/mol.